The van der Waals surface area contributed by atoms with Crippen LogP contribution in [0.3, 0.4) is 0 Å². The molecular weight excluding hydrogens is 266 g/mol. The standard InChI is InChI=1S/C16H27N3O2/c1-4-13(2)19(11-12-21-3)10-9-16(20)18-15-7-5-14(17)6-8-15/h5-8,13H,4,9-12,17H2,1-3H3,(H,18,20). The lowest BCUT2D eigenvalue weighted by molar-refractivity contribution is -0.116. The molecule has 0 spiro atoms. The molecule has 1 atom stereocenters. The lowest BCUT2D eigenvalue weighted by Crippen LogP contribution is -2.37. The molecule has 0 aliphatic rings. The number of benzene rings is 1. The molecule has 1 unspecified atom stereocenters. The third-order valence-electron chi connectivity index (χ3n) is 3.62. The molecule has 0 heterocycles. The fourth-order valence-corrected chi connectivity index (χ4v) is 2.05. The quantitative estimate of drug-likeness (QED) is 0.686. The van der Waals surface area contributed by atoms with Gasteiger partial charge in [0.2, 0.25) is 5.91 Å². The molecule has 1 aromatic carbocycles. The van der Waals surface area contributed by atoms with Crippen LogP contribution in [-0.4, -0.2) is 43.7 Å². The first-order valence-corrected chi connectivity index (χ1v) is 7.45. The third-order valence-corrected chi connectivity index (χ3v) is 3.62. The Balaban J connectivity index is 2.43. The number of nitrogens with one attached hydrogen (secondary N) is 1. The van der Waals surface area contributed by atoms with E-state index < -0.39 is 0 Å². The molecule has 1 amide bonds. The lowest BCUT2D eigenvalue weighted by atomic mass is 10.2. The van der Waals surface area contributed by atoms with E-state index in [0.29, 0.717) is 24.8 Å². The maximum Gasteiger partial charge on any atom is 0.225 e. The van der Waals surface area contributed by atoms with Crippen molar-refractivity contribution in [2.75, 3.05) is 37.9 Å². The molecule has 118 valence electrons. The van der Waals surface area contributed by atoms with Gasteiger partial charge in [-0.25, -0.2) is 0 Å². The molecular formula is C16H27N3O2. The zero-order valence-corrected chi connectivity index (χ0v) is 13.3. The summed E-state index contributed by atoms with van der Waals surface area (Å²) in [6, 6.07) is 7.62. The van der Waals surface area contributed by atoms with Gasteiger partial charge >= 0.3 is 0 Å². The topological polar surface area (TPSA) is 67.6 Å². The van der Waals surface area contributed by atoms with E-state index in [0.717, 1.165) is 25.2 Å². The van der Waals surface area contributed by atoms with E-state index in [-0.39, 0.29) is 5.91 Å². The van der Waals surface area contributed by atoms with Gasteiger partial charge in [0.25, 0.3) is 0 Å². The van der Waals surface area contributed by atoms with Crippen LogP contribution in [0.2, 0.25) is 0 Å². The third kappa shape index (κ3) is 6.60. The van der Waals surface area contributed by atoms with Gasteiger partial charge in [-0.05, 0) is 37.6 Å². The predicted molar refractivity (Wildman–Crippen MR) is 87.3 cm³/mol. The number of nitrogens with two attached hydrogens (primary N) is 1. The van der Waals surface area contributed by atoms with Crippen molar-refractivity contribution in [3.05, 3.63) is 24.3 Å². The first-order valence-electron chi connectivity index (χ1n) is 7.45. The summed E-state index contributed by atoms with van der Waals surface area (Å²) in [7, 11) is 1.70. The summed E-state index contributed by atoms with van der Waals surface area (Å²) in [5.41, 5.74) is 7.09. The Labute approximate surface area is 127 Å². The van der Waals surface area contributed by atoms with Crippen LogP contribution in [0.4, 0.5) is 11.4 Å². The van der Waals surface area contributed by atoms with Crippen LogP contribution < -0.4 is 11.1 Å². The van der Waals surface area contributed by atoms with Gasteiger partial charge in [-0.3, -0.25) is 9.69 Å². The van der Waals surface area contributed by atoms with E-state index in [1.807, 2.05) is 12.1 Å². The first-order chi connectivity index (χ1) is 10.1. The second-order valence-electron chi connectivity index (χ2n) is 5.21. The van der Waals surface area contributed by atoms with Gasteiger partial charge in [0.05, 0.1) is 6.61 Å². The van der Waals surface area contributed by atoms with E-state index in [2.05, 4.69) is 24.1 Å². The second kappa shape index (κ2) is 9.37. The number of methoxy groups -OCH3 is 1. The molecule has 21 heavy (non-hydrogen) atoms. The van der Waals surface area contributed by atoms with Crippen LogP contribution in [-0.2, 0) is 9.53 Å². The minimum Gasteiger partial charge on any atom is -0.399 e. The normalized spacial score (nSPS) is 12.4. The van der Waals surface area contributed by atoms with Crippen molar-refractivity contribution >= 4 is 17.3 Å². The molecule has 5 nitrogen and oxygen atoms in total. The van der Waals surface area contributed by atoms with Gasteiger partial charge in [0, 0.05) is 44.0 Å². The zero-order chi connectivity index (χ0) is 15.7. The molecule has 1 rings (SSSR count). The fraction of sp³-hybridized carbons (Fsp3) is 0.562. The summed E-state index contributed by atoms with van der Waals surface area (Å²) in [6.45, 7) is 6.59. The molecule has 0 fully saturated rings. The predicted octanol–water partition coefficient (Wildman–Crippen LogP) is 2.34. The molecule has 0 aliphatic heterocycles. The van der Waals surface area contributed by atoms with Crippen LogP contribution in [0.5, 0.6) is 0 Å². The minimum absolute atomic E-state index is 0.0190. The number of hydrogen-bond acceptors (Lipinski definition) is 4. The van der Waals surface area contributed by atoms with E-state index >= 15 is 0 Å². The highest BCUT2D eigenvalue weighted by Gasteiger charge is 2.13. The summed E-state index contributed by atoms with van der Waals surface area (Å²) in [4.78, 5) is 14.3. The number of nitrogen functional groups attached to an aromatic ring is 1. The highest BCUT2D eigenvalue weighted by molar-refractivity contribution is 5.90. The molecule has 0 saturated carbocycles. The number of ether oxygens (including phenoxy) is 1. The van der Waals surface area contributed by atoms with E-state index in [1.54, 1.807) is 19.2 Å². The Bertz CT molecular complexity index is 420. The molecule has 0 radical (unpaired) electrons. The minimum atomic E-state index is 0.0190. The average molecular weight is 293 g/mol. The van der Waals surface area contributed by atoms with E-state index in [1.165, 1.54) is 0 Å². The number of carbonyl (C=O) groups excluding carboxylic acids is 1. The molecule has 5 heteroatoms. The van der Waals surface area contributed by atoms with Crippen molar-refractivity contribution in [1.29, 1.82) is 0 Å². The molecule has 0 bridgehead atoms. The van der Waals surface area contributed by atoms with Crippen molar-refractivity contribution in [1.82, 2.24) is 4.90 Å². The molecule has 1 aromatic rings. The van der Waals surface area contributed by atoms with Gasteiger partial charge in [-0.1, -0.05) is 6.92 Å². The van der Waals surface area contributed by atoms with Crippen LogP contribution in [0.1, 0.15) is 26.7 Å². The Morgan fingerprint density at radius 2 is 2.00 bits per heavy atom. The van der Waals surface area contributed by atoms with Crippen molar-refractivity contribution in [3.8, 4) is 0 Å². The maximum absolute atomic E-state index is 12.0. The average Bonchev–Trinajstić information content (AvgIpc) is 2.49. The smallest absolute Gasteiger partial charge is 0.225 e. The van der Waals surface area contributed by atoms with Crippen molar-refractivity contribution < 1.29 is 9.53 Å². The van der Waals surface area contributed by atoms with Crippen molar-refractivity contribution in [2.45, 2.75) is 32.7 Å². The summed E-state index contributed by atoms with van der Waals surface area (Å²) in [5.74, 6) is 0.0190. The van der Waals surface area contributed by atoms with Crippen LogP contribution in [0.25, 0.3) is 0 Å². The number of hydrogen-bond donors (Lipinski definition) is 2. The lowest BCUT2D eigenvalue weighted by Gasteiger charge is -2.27. The Morgan fingerprint density at radius 1 is 1.33 bits per heavy atom. The number of carbonyl (C=O) groups is 1. The number of amides is 1. The Morgan fingerprint density at radius 3 is 2.57 bits per heavy atom. The molecule has 3 N–H and O–H groups in total. The first kappa shape index (κ1) is 17.5. The van der Waals surface area contributed by atoms with Gasteiger partial charge in [-0.15, -0.1) is 0 Å². The molecule has 0 aromatic heterocycles. The zero-order valence-electron chi connectivity index (χ0n) is 13.3. The van der Waals surface area contributed by atoms with Crippen LogP contribution >= 0.6 is 0 Å². The van der Waals surface area contributed by atoms with Gasteiger partial charge < -0.3 is 15.8 Å². The Kier molecular flexibility index (Phi) is 7.79. The summed E-state index contributed by atoms with van der Waals surface area (Å²) < 4.78 is 5.13. The number of nitrogens with zero attached hydrogens (tertiary/aromatic N) is 1. The van der Waals surface area contributed by atoms with Gasteiger partial charge in [-0.2, -0.15) is 0 Å². The SMILES string of the molecule is CCC(C)N(CCOC)CCC(=O)Nc1ccc(N)cc1. The summed E-state index contributed by atoms with van der Waals surface area (Å²) in [6.07, 6.45) is 1.53. The van der Waals surface area contributed by atoms with Crippen molar-refractivity contribution in [3.63, 3.8) is 0 Å². The van der Waals surface area contributed by atoms with Crippen LogP contribution in [0.15, 0.2) is 24.3 Å². The molecule has 0 saturated heterocycles. The monoisotopic (exact) mass is 293 g/mol. The Hall–Kier alpha value is -1.59. The highest BCUT2D eigenvalue weighted by atomic mass is 16.5. The summed E-state index contributed by atoms with van der Waals surface area (Å²) >= 11 is 0. The van der Waals surface area contributed by atoms with Crippen molar-refractivity contribution in [2.24, 2.45) is 0 Å². The number of rotatable bonds is 9. The second-order valence-corrected chi connectivity index (χ2v) is 5.21. The van der Waals surface area contributed by atoms with E-state index in [9.17, 15) is 4.79 Å². The largest absolute Gasteiger partial charge is 0.399 e. The fourth-order valence-electron chi connectivity index (χ4n) is 2.05. The van der Waals surface area contributed by atoms with E-state index in [4.69, 9.17) is 10.5 Å². The summed E-state index contributed by atoms with van der Waals surface area (Å²) in [5, 5.41) is 2.89. The van der Waals surface area contributed by atoms with Crippen LogP contribution in [0, 0.1) is 0 Å². The van der Waals surface area contributed by atoms with Gasteiger partial charge in [0.1, 0.15) is 0 Å². The number of anilines is 2. The highest BCUT2D eigenvalue weighted by Crippen LogP contribution is 2.11. The molecule has 0 aliphatic carbocycles. The van der Waals surface area contributed by atoms with Gasteiger partial charge in [0.15, 0.2) is 0 Å². The maximum atomic E-state index is 12.0.